The summed E-state index contributed by atoms with van der Waals surface area (Å²) in [4.78, 5) is 16.3. The lowest BCUT2D eigenvalue weighted by molar-refractivity contribution is -0.140. The summed E-state index contributed by atoms with van der Waals surface area (Å²) in [7, 11) is 0. The normalized spacial score (nSPS) is 20.8. The van der Waals surface area contributed by atoms with Crippen LogP contribution in [0.1, 0.15) is 36.8 Å². The minimum absolute atomic E-state index is 0.00577. The lowest BCUT2D eigenvalue weighted by Crippen LogP contribution is -2.25. The van der Waals surface area contributed by atoms with Gasteiger partial charge >= 0.3 is 5.97 Å². The number of aliphatic carboxylic acids is 1. The average Bonchev–Trinajstić information content (AvgIpc) is 3.21. The molecule has 1 saturated carbocycles. The molecule has 4 nitrogen and oxygen atoms in total. The number of carboxylic acids is 1. The number of carbonyl (C=O) groups is 1. The number of anilines is 1. The summed E-state index contributed by atoms with van der Waals surface area (Å²) < 4.78 is 0. The van der Waals surface area contributed by atoms with E-state index in [9.17, 15) is 9.90 Å². The molecule has 3 aliphatic rings. The molecule has 5 heteroatoms. The van der Waals surface area contributed by atoms with Crippen molar-refractivity contribution in [2.45, 2.75) is 36.5 Å². The number of hydrogen-bond donors (Lipinski definition) is 2. The monoisotopic (exact) mass is 366 g/mol. The van der Waals surface area contributed by atoms with Crippen molar-refractivity contribution in [2.24, 2.45) is 0 Å². The van der Waals surface area contributed by atoms with E-state index in [4.69, 9.17) is 11.6 Å². The number of allylic oxidation sites excluding steroid dienone is 2. The second-order valence-electron chi connectivity index (χ2n) is 7.69. The van der Waals surface area contributed by atoms with Crippen molar-refractivity contribution < 1.29 is 9.90 Å². The number of nitrogens with one attached hydrogen (secondary N) is 1. The van der Waals surface area contributed by atoms with Gasteiger partial charge in [0.25, 0.3) is 0 Å². The van der Waals surface area contributed by atoms with Gasteiger partial charge < -0.3 is 10.4 Å². The first-order valence-electron chi connectivity index (χ1n) is 8.98. The molecule has 2 heterocycles. The van der Waals surface area contributed by atoms with Gasteiger partial charge in [-0.25, -0.2) is 4.98 Å². The summed E-state index contributed by atoms with van der Waals surface area (Å²) in [6, 6.07) is 7.78. The van der Waals surface area contributed by atoms with Crippen LogP contribution >= 0.6 is 11.6 Å². The number of nitrogens with zero attached hydrogens (tertiary/aromatic N) is 1. The lowest BCUT2D eigenvalue weighted by Gasteiger charge is -2.24. The maximum Gasteiger partial charge on any atom is 0.314 e. The summed E-state index contributed by atoms with van der Waals surface area (Å²) in [6.07, 6.45) is 9.56. The van der Waals surface area contributed by atoms with Crippen molar-refractivity contribution in [1.82, 2.24) is 4.98 Å². The van der Waals surface area contributed by atoms with Crippen LogP contribution in [0.5, 0.6) is 0 Å². The SMILES string of the molecule is O=C(O)C1(c2cccc(-c3cnc4c(c3Cl)C3(CC=CC3)CN4)c2)CC1. The summed E-state index contributed by atoms with van der Waals surface area (Å²) in [6.45, 7) is 0.855. The minimum atomic E-state index is -0.743. The molecule has 26 heavy (non-hydrogen) atoms. The first-order valence-corrected chi connectivity index (χ1v) is 9.36. The van der Waals surface area contributed by atoms with E-state index in [-0.39, 0.29) is 5.41 Å². The fourth-order valence-corrected chi connectivity index (χ4v) is 4.88. The van der Waals surface area contributed by atoms with E-state index >= 15 is 0 Å². The summed E-state index contributed by atoms with van der Waals surface area (Å²) in [5.41, 5.74) is 3.06. The van der Waals surface area contributed by atoms with Crippen LogP contribution in [-0.2, 0) is 15.6 Å². The maximum atomic E-state index is 11.7. The fraction of sp³-hybridized carbons (Fsp3) is 0.333. The Labute approximate surface area is 156 Å². The third-order valence-corrected chi connectivity index (χ3v) is 6.60. The Bertz CT molecular complexity index is 954. The average molecular weight is 367 g/mol. The molecule has 0 unspecified atom stereocenters. The van der Waals surface area contributed by atoms with Crippen LogP contribution in [0.2, 0.25) is 5.02 Å². The number of benzene rings is 1. The molecule has 2 N–H and O–H groups in total. The van der Waals surface area contributed by atoms with Crippen molar-refractivity contribution >= 4 is 23.4 Å². The number of carboxylic acid groups (broad SMARTS) is 1. The van der Waals surface area contributed by atoms with E-state index in [1.165, 1.54) is 0 Å². The number of hydrogen-bond acceptors (Lipinski definition) is 3. The lowest BCUT2D eigenvalue weighted by atomic mass is 9.80. The molecule has 1 aromatic heterocycles. The molecule has 2 aromatic rings. The predicted octanol–water partition coefficient (Wildman–Crippen LogP) is 4.53. The first-order chi connectivity index (χ1) is 12.6. The molecular weight excluding hydrogens is 348 g/mol. The topological polar surface area (TPSA) is 62.2 Å². The van der Waals surface area contributed by atoms with E-state index in [0.717, 1.165) is 52.5 Å². The van der Waals surface area contributed by atoms with Crippen LogP contribution in [0.3, 0.4) is 0 Å². The van der Waals surface area contributed by atoms with Gasteiger partial charge in [-0.2, -0.15) is 0 Å². The van der Waals surface area contributed by atoms with Gasteiger partial charge in [0, 0.05) is 29.3 Å². The van der Waals surface area contributed by atoms with Crippen LogP contribution in [0.4, 0.5) is 5.82 Å². The molecule has 1 aliphatic heterocycles. The van der Waals surface area contributed by atoms with E-state index in [1.54, 1.807) is 6.20 Å². The second kappa shape index (κ2) is 5.34. The molecule has 0 bridgehead atoms. The summed E-state index contributed by atoms with van der Waals surface area (Å²) in [5, 5.41) is 13.7. The Hall–Kier alpha value is -2.33. The van der Waals surface area contributed by atoms with Crippen LogP contribution in [0.15, 0.2) is 42.6 Å². The Morgan fingerprint density at radius 3 is 2.69 bits per heavy atom. The van der Waals surface area contributed by atoms with Crippen molar-refractivity contribution in [3.05, 3.63) is 58.8 Å². The molecule has 5 rings (SSSR count). The summed E-state index contributed by atoms with van der Waals surface area (Å²) >= 11 is 6.88. The van der Waals surface area contributed by atoms with E-state index in [2.05, 4.69) is 22.5 Å². The molecule has 2 aliphatic carbocycles. The Morgan fingerprint density at radius 1 is 1.23 bits per heavy atom. The van der Waals surface area contributed by atoms with Gasteiger partial charge in [-0.05, 0) is 42.9 Å². The number of fused-ring (bicyclic) bond motifs is 2. The molecule has 0 radical (unpaired) electrons. The second-order valence-corrected chi connectivity index (χ2v) is 8.07. The molecule has 0 saturated heterocycles. The van der Waals surface area contributed by atoms with Crippen molar-refractivity contribution in [3.8, 4) is 11.1 Å². The zero-order valence-electron chi connectivity index (χ0n) is 14.3. The van der Waals surface area contributed by atoms with Gasteiger partial charge in [-0.3, -0.25) is 4.79 Å². The van der Waals surface area contributed by atoms with Crippen LogP contribution < -0.4 is 5.32 Å². The van der Waals surface area contributed by atoms with E-state index in [0.29, 0.717) is 12.8 Å². The highest BCUT2D eigenvalue weighted by Crippen LogP contribution is 2.51. The molecule has 0 amide bonds. The number of halogens is 1. The largest absolute Gasteiger partial charge is 0.481 e. The first kappa shape index (κ1) is 15.9. The zero-order valence-corrected chi connectivity index (χ0v) is 15.0. The van der Waals surface area contributed by atoms with Gasteiger partial charge in [0.2, 0.25) is 0 Å². The van der Waals surface area contributed by atoms with Gasteiger partial charge in [-0.1, -0.05) is 42.0 Å². The molecule has 1 fully saturated rings. The third-order valence-electron chi connectivity index (χ3n) is 6.21. The van der Waals surface area contributed by atoms with Crippen molar-refractivity contribution in [3.63, 3.8) is 0 Å². The zero-order chi connectivity index (χ0) is 17.9. The number of rotatable bonds is 3. The number of pyridine rings is 1. The van der Waals surface area contributed by atoms with Gasteiger partial charge in [0.05, 0.1) is 10.4 Å². The highest BCUT2D eigenvalue weighted by molar-refractivity contribution is 6.34. The van der Waals surface area contributed by atoms with Crippen molar-refractivity contribution in [1.29, 1.82) is 0 Å². The smallest absolute Gasteiger partial charge is 0.314 e. The highest BCUT2D eigenvalue weighted by Gasteiger charge is 2.51. The summed E-state index contributed by atoms with van der Waals surface area (Å²) in [5.74, 6) is 0.135. The van der Waals surface area contributed by atoms with Crippen LogP contribution in [0, 0.1) is 0 Å². The maximum absolute atomic E-state index is 11.7. The van der Waals surface area contributed by atoms with E-state index in [1.807, 2.05) is 24.3 Å². The van der Waals surface area contributed by atoms with Crippen molar-refractivity contribution in [2.75, 3.05) is 11.9 Å². The molecular formula is C21H19ClN2O2. The number of aromatic nitrogens is 1. The molecule has 1 spiro atoms. The Morgan fingerprint density at radius 2 is 2.00 bits per heavy atom. The van der Waals surface area contributed by atoms with E-state index < -0.39 is 11.4 Å². The van der Waals surface area contributed by atoms with Crippen LogP contribution in [0.25, 0.3) is 11.1 Å². The van der Waals surface area contributed by atoms with Gasteiger partial charge in [0.1, 0.15) is 5.82 Å². The minimum Gasteiger partial charge on any atom is -0.481 e. The Balaban J connectivity index is 1.62. The molecule has 1 aromatic carbocycles. The predicted molar refractivity (Wildman–Crippen MR) is 102 cm³/mol. The quantitative estimate of drug-likeness (QED) is 0.783. The molecule has 0 atom stereocenters. The molecule has 132 valence electrons. The van der Waals surface area contributed by atoms with Gasteiger partial charge in [-0.15, -0.1) is 0 Å². The van der Waals surface area contributed by atoms with Gasteiger partial charge in [0.15, 0.2) is 0 Å². The fourth-order valence-electron chi connectivity index (χ4n) is 4.43. The third kappa shape index (κ3) is 2.08. The Kier molecular flexibility index (Phi) is 3.26. The highest BCUT2D eigenvalue weighted by atomic mass is 35.5. The van der Waals surface area contributed by atoms with Crippen LogP contribution in [-0.4, -0.2) is 22.6 Å². The standard InChI is InChI=1S/C21H19ClN2O2/c22-17-15(11-23-18-16(17)20(12-24-18)6-1-2-7-20)13-4-3-5-14(10-13)21(8-9-21)19(25)26/h1-5,10-11H,6-9,12H2,(H,23,24)(H,25,26).